The van der Waals surface area contributed by atoms with Gasteiger partial charge in [0, 0.05) is 5.38 Å². The van der Waals surface area contributed by atoms with Crippen LogP contribution in [0.1, 0.15) is 5.56 Å². The predicted molar refractivity (Wildman–Crippen MR) is 64.9 cm³/mol. The lowest BCUT2D eigenvalue weighted by Crippen LogP contribution is -2.28. The van der Waals surface area contributed by atoms with Gasteiger partial charge < -0.3 is 5.11 Å². The Morgan fingerprint density at radius 2 is 2.00 bits per heavy atom. The molecule has 2 rings (SSSR count). The Bertz CT molecular complexity index is 496. The quantitative estimate of drug-likeness (QED) is 0.905. The molecule has 0 aliphatic carbocycles. The molecule has 1 amide bonds. The van der Waals surface area contributed by atoms with Crippen LogP contribution in [-0.4, -0.2) is 11.2 Å². The van der Waals surface area contributed by atoms with E-state index in [1.807, 2.05) is 5.38 Å². The van der Waals surface area contributed by atoms with Crippen LogP contribution in [0.15, 0.2) is 41.1 Å². The zero-order valence-corrected chi connectivity index (χ0v) is 9.65. The molecule has 17 heavy (non-hydrogen) atoms. The summed E-state index contributed by atoms with van der Waals surface area (Å²) in [5, 5.41) is 12.7. The number of rotatable bonds is 3. The number of hydrogen-bond acceptors (Lipinski definition) is 2. The van der Waals surface area contributed by atoms with Gasteiger partial charge in [0.25, 0.3) is 0 Å². The van der Waals surface area contributed by atoms with Gasteiger partial charge >= 0.3 is 6.09 Å². The van der Waals surface area contributed by atoms with Crippen molar-refractivity contribution in [3.05, 3.63) is 52.5 Å². The van der Waals surface area contributed by atoms with Crippen molar-refractivity contribution in [3.8, 4) is 0 Å². The SMILES string of the molecule is O=C(O)N(Cc1ccc(F)cc1)c1ccsc1. The van der Waals surface area contributed by atoms with E-state index in [0.717, 1.165) is 5.56 Å². The molecule has 1 heterocycles. The van der Waals surface area contributed by atoms with Crippen LogP contribution in [0.2, 0.25) is 0 Å². The van der Waals surface area contributed by atoms with Crippen LogP contribution < -0.4 is 4.90 Å². The number of carboxylic acid groups (broad SMARTS) is 1. The van der Waals surface area contributed by atoms with Gasteiger partial charge in [-0.2, -0.15) is 11.3 Å². The summed E-state index contributed by atoms with van der Waals surface area (Å²) in [6.45, 7) is 0.215. The Labute approximate surface area is 102 Å². The minimum Gasteiger partial charge on any atom is -0.465 e. The summed E-state index contributed by atoms with van der Waals surface area (Å²) in [5.41, 5.74) is 1.38. The monoisotopic (exact) mass is 251 g/mol. The van der Waals surface area contributed by atoms with Crippen molar-refractivity contribution in [1.29, 1.82) is 0 Å². The van der Waals surface area contributed by atoms with Gasteiger partial charge in [0.1, 0.15) is 5.82 Å². The summed E-state index contributed by atoms with van der Waals surface area (Å²) in [6, 6.07) is 7.55. The first kappa shape index (κ1) is 11.6. The van der Waals surface area contributed by atoms with Gasteiger partial charge in [0.05, 0.1) is 12.2 Å². The molecule has 0 saturated heterocycles. The molecule has 1 aromatic carbocycles. The van der Waals surface area contributed by atoms with Crippen LogP contribution in [0.4, 0.5) is 14.9 Å². The average Bonchev–Trinajstić information content (AvgIpc) is 2.81. The minimum atomic E-state index is -1.02. The number of nitrogens with zero attached hydrogens (tertiary/aromatic N) is 1. The second kappa shape index (κ2) is 4.97. The normalized spacial score (nSPS) is 10.2. The van der Waals surface area contributed by atoms with E-state index in [4.69, 9.17) is 5.11 Å². The van der Waals surface area contributed by atoms with E-state index >= 15 is 0 Å². The summed E-state index contributed by atoms with van der Waals surface area (Å²) in [6.07, 6.45) is -1.02. The van der Waals surface area contributed by atoms with E-state index < -0.39 is 6.09 Å². The Balaban J connectivity index is 2.19. The molecule has 0 unspecified atom stereocenters. The van der Waals surface area contributed by atoms with Gasteiger partial charge in [-0.1, -0.05) is 12.1 Å². The molecular weight excluding hydrogens is 241 g/mol. The van der Waals surface area contributed by atoms with Crippen LogP contribution >= 0.6 is 11.3 Å². The fourth-order valence-corrected chi connectivity index (χ4v) is 2.09. The second-order valence-electron chi connectivity index (χ2n) is 3.48. The third kappa shape index (κ3) is 2.82. The van der Waals surface area contributed by atoms with E-state index in [1.165, 1.54) is 28.4 Å². The number of thiophene rings is 1. The maximum absolute atomic E-state index is 12.7. The van der Waals surface area contributed by atoms with Crippen molar-refractivity contribution in [2.45, 2.75) is 6.54 Å². The Hall–Kier alpha value is -1.88. The van der Waals surface area contributed by atoms with Gasteiger partial charge in [-0.25, -0.2) is 9.18 Å². The molecule has 0 atom stereocenters. The maximum Gasteiger partial charge on any atom is 0.412 e. The van der Waals surface area contributed by atoms with Gasteiger partial charge in [-0.3, -0.25) is 4.90 Å². The fourth-order valence-electron chi connectivity index (χ4n) is 1.45. The first-order valence-electron chi connectivity index (χ1n) is 4.94. The number of hydrogen-bond donors (Lipinski definition) is 1. The molecule has 0 saturated carbocycles. The highest BCUT2D eigenvalue weighted by Gasteiger charge is 2.14. The summed E-state index contributed by atoms with van der Waals surface area (Å²) in [7, 11) is 0. The molecule has 0 radical (unpaired) electrons. The molecule has 3 nitrogen and oxygen atoms in total. The number of halogens is 1. The number of benzene rings is 1. The molecule has 0 fully saturated rings. The average molecular weight is 251 g/mol. The van der Waals surface area contributed by atoms with Crippen molar-refractivity contribution in [3.63, 3.8) is 0 Å². The van der Waals surface area contributed by atoms with Crippen LogP contribution in [0.3, 0.4) is 0 Å². The van der Waals surface area contributed by atoms with E-state index in [-0.39, 0.29) is 12.4 Å². The largest absolute Gasteiger partial charge is 0.465 e. The third-order valence-electron chi connectivity index (χ3n) is 2.30. The first-order valence-corrected chi connectivity index (χ1v) is 5.88. The molecule has 0 aliphatic heterocycles. The van der Waals surface area contributed by atoms with Crippen LogP contribution in [0.5, 0.6) is 0 Å². The van der Waals surface area contributed by atoms with E-state index in [0.29, 0.717) is 5.69 Å². The predicted octanol–water partition coefficient (Wildman–Crippen LogP) is 3.57. The van der Waals surface area contributed by atoms with Crippen LogP contribution in [0.25, 0.3) is 0 Å². The summed E-state index contributed by atoms with van der Waals surface area (Å²) in [5.74, 6) is -0.328. The Morgan fingerprint density at radius 3 is 2.53 bits per heavy atom. The molecule has 0 aliphatic rings. The van der Waals surface area contributed by atoms with Gasteiger partial charge in [0.15, 0.2) is 0 Å². The van der Waals surface area contributed by atoms with Crippen molar-refractivity contribution in [2.75, 3.05) is 4.90 Å². The summed E-state index contributed by atoms with van der Waals surface area (Å²) >= 11 is 1.43. The maximum atomic E-state index is 12.7. The van der Waals surface area contributed by atoms with E-state index in [1.54, 1.807) is 23.6 Å². The second-order valence-corrected chi connectivity index (χ2v) is 4.26. The van der Waals surface area contributed by atoms with Crippen LogP contribution in [0, 0.1) is 5.82 Å². The molecule has 0 spiro atoms. The zero-order valence-electron chi connectivity index (χ0n) is 8.84. The highest BCUT2D eigenvalue weighted by molar-refractivity contribution is 7.08. The van der Waals surface area contributed by atoms with E-state index in [9.17, 15) is 9.18 Å². The molecule has 5 heteroatoms. The number of anilines is 1. The summed E-state index contributed by atoms with van der Waals surface area (Å²) in [4.78, 5) is 12.4. The molecule has 1 aromatic heterocycles. The Kier molecular flexibility index (Phi) is 3.39. The zero-order chi connectivity index (χ0) is 12.3. The van der Waals surface area contributed by atoms with Crippen LogP contribution in [-0.2, 0) is 6.54 Å². The molecular formula is C12H10FNO2S. The summed E-state index contributed by atoms with van der Waals surface area (Å²) < 4.78 is 12.7. The molecule has 1 N–H and O–H groups in total. The van der Waals surface area contributed by atoms with Gasteiger partial charge in [-0.05, 0) is 29.1 Å². The minimum absolute atomic E-state index is 0.215. The number of carbonyl (C=O) groups is 1. The van der Waals surface area contributed by atoms with Crippen molar-refractivity contribution in [1.82, 2.24) is 0 Å². The Morgan fingerprint density at radius 1 is 1.29 bits per heavy atom. The third-order valence-corrected chi connectivity index (χ3v) is 2.97. The fraction of sp³-hybridized carbons (Fsp3) is 0.0833. The highest BCUT2D eigenvalue weighted by atomic mass is 32.1. The van der Waals surface area contributed by atoms with Gasteiger partial charge in [0.2, 0.25) is 0 Å². The van der Waals surface area contributed by atoms with Crippen molar-refractivity contribution < 1.29 is 14.3 Å². The topological polar surface area (TPSA) is 40.5 Å². The molecule has 88 valence electrons. The lowest BCUT2D eigenvalue weighted by molar-refractivity contribution is 0.201. The molecule has 2 aromatic rings. The van der Waals surface area contributed by atoms with Gasteiger partial charge in [-0.15, -0.1) is 0 Å². The smallest absolute Gasteiger partial charge is 0.412 e. The highest BCUT2D eigenvalue weighted by Crippen LogP contribution is 2.20. The van der Waals surface area contributed by atoms with Crippen molar-refractivity contribution in [2.24, 2.45) is 0 Å². The van der Waals surface area contributed by atoms with Crippen molar-refractivity contribution >= 4 is 23.1 Å². The van der Waals surface area contributed by atoms with E-state index in [2.05, 4.69) is 0 Å². The lowest BCUT2D eigenvalue weighted by Gasteiger charge is -2.17. The molecule has 0 bridgehead atoms. The lowest BCUT2D eigenvalue weighted by atomic mass is 10.2. The number of amides is 1. The first-order chi connectivity index (χ1) is 8.16. The standard InChI is InChI=1S/C12H10FNO2S/c13-10-3-1-9(2-4-10)7-14(12(15)16)11-5-6-17-8-11/h1-6,8H,7H2,(H,15,16).